The van der Waals surface area contributed by atoms with Crippen LogP contribution in [0.25, 0.3) is 0 Å². The first-order chi connectivity index (χ1) is 13.8. The summed E-state index contributed by atoms with van der Waals surface area (Å²) in [4.78, 5) is 26.9. The smallest absolute Gasteiger partial charge is 0.408 e. The predicted octanol–water partition coefficient (Wildman–Crippen LogP) is 4.23. The van der Waals surface area contributed by atoms with Crippen molar-refractivity contribution in [3.8, 4) is 0 Å². The summed E-state index contributed by atoms with van der Waals surface area (Å²) < 4.78 is 7.35. The molecule has 2 aromatic rings. The van der Waals surface area contributed by atoms with Gasteiger partial charge in [0.15, 0.2) is 5.78 Å². The molecule has 0 spiro atoms. The van der Waals surface area contributed by atoms with E-state index in [0.29, 0.717) is 12.1 Å². The van der Waals surface area contributed by atoms with E-state index in [1.54, 1.807) is 20.8 Å². The summed E-state index contributed by atoms with van der Waals surface area (Å²) in [7, 11) is 0. The van der Waals surface area contributed by atoms with Crippen molar-refractivity contribution in [1.29, 1.82) is 0 Å². The van der Waals surface area contributed by atoms with Crippen LogP contribution in [0.2, 0.25) is 0 Å². The first-order valence-electron chi connectivity index (χ1n) is 10.3. The normalized spacial score (nSPS) is 14.5. The van der Waals surface area contributed by atoms with Gasteiger partial charge >= 0.3 is 6.09 Å². The van der Waals surface area contributed by atoms with E-state index in [-0.39, 0.29) is 12.3 Å². The Balaban J connectivity index is 1.74. The Labute approximate surface area is 172 Å². The third-order valence-electron chi connectivity index (χ3n) is 4.86. The molecule has 0 atom stereocenters. The number of piperidine rings is 1. The minimum atomic E-state index is -0.590. The number of carbonyl (C=O) groups is 2. The molecule has 1 aromatic heterocycles. The first-order valence-corrected chi connectivity index (χ1v) is 10.3. The number of nitrogens with zero attached hydrogens (tertiary/aromatic N) is 2. The quantitative estimate of drug-likeness (QED) is 0.741. The van der Waals surface area contributed by atoms with Crippen molar-refractivity contribution in [2.45, 2.75) is 52.2 Å². The fourth-order valence-electron chi connectivity index (χ4n) is 3.52. The zero-order valence-electron chi connectivity index (χ0n) is 17.6. The van der Waals surface area contributed by atoms with Crippen molar-refractivity contribution in [2.24, 2.45) is 0 Å². The van der Waals surface area contributed by atoms with Crippen LogP contribution in [-0.2, 0) is 11.3 Å². The second-order valence-corrected chi connectivity index (χ2v) is 8.53. The molecule has 0 unspecified atom stereocenters. The fourth-order valence-corrected chi connectivity index (χ4v) is 3.52. The van der Waals surface area contributed by atoms with Gasteiger partial charge in [-0.25, -0.2) is 4.79 Å². The number of benzene rings is 1. The van der Waals surface area contributed by atoms with Crippen molar-refractivity contribution < 1.29 is 14.3 Å². The maximum absolute atomic E-state index is 12.7. The third kappa shape index (κ3) is 6.11. The third-order valence-corrected chi connectivity index (χ3v) is 4.86. The van der Waals surface area contributed by atoms with Gasteiger partial charge in [0.05, 0.1) is 6.54 Å². The summed E-state index contributed by atoms with van der Waals surface area (Å²) in [5, 5.41) is 2.56. The van der Waals surface area contributed by atoms with Crippen LogP contribution in [0.3, 0.4) is 0 Å². The fraction of sp³-hybridized carbons (Fsp3) is 0.478. The number of anilines is 1. The Morgan fingerprint density at radius 2 is 1.76 bits per heavy atom. The number of amides is 1. The minimum absolute atomic E-state index is 0.0797. The second kappa shape index (κ2) is 9.16. The van der Waals surface area contributed by atoms with Crippen LogP contribution < -0.4 is 10.2 Å². The van der Waals surface area contributed by atoms with Gasteiger partial charge in [-0.3, -0.25) is 4.79 Å². The van der Waals surface area contributed by atoms with Gasteiger partial charge in [-0.2, -0.15) is 0 Å². The van der Waals surface area contributed by atoms with E-state index in [2.05, 4.69) is 26.9 Å². The Kier molecular flexibility index (Phi) is 6.62. The van der Waals surface area contributed by atoms with Crippen LogP contribution >= 0.6 is 0 Å². The highest BCUT2D eigenvalue weighted by molar-refractivity contribution is 5.99. The van der Waals surface area contributed by atoms with Crippen LogP contribution in [-0.4, -0.2) is 41.7 Å². The van der Waals surface area contributed by atoms with Crippen molar-refractivity contribution in [3.63, 3.8) is 0 Å². The molecule has 156 valence electrons. The van der Waals surface area contributed by atoms with E-state index >= 15 is 0 Å². The number of rotatable bonds is 6. The van der Waals surface area contributed by atoms with E-state index in [9.17, 15) is 9.59 Å². The number of alkyl carbamates (subject to hydrolysis) is 1. The Morgan fingerprint density at radius 1 is 1.07 bits per heavy atom. The summed E-state index contributed by atoms with van der Waals surface area (Å²) >= 11 is 0. The lowest BCUT2D eigenvalue weighted by atomic mass is 10.1. The van der Waals surface area contributed by atoms with Gasteiger partial charge in [0.25, 0.3) is 0 Å². The molecule has 0 radical (unpaired) electrons. The highest BCUT2D eigenvalue weighted by Gasteiger charge is 2.21. The maximum atomic E-state index is 12.7. The van der Waals surface area contributed by atoms with Crippen molar-refractivity contribution in [1.82, 2.24) is 9.88 Å². The van der Waals surface area contributed by atoms with E-state index in [4.69, 9.17) is 4.74 Å². The molecule has 2 heterocycles. The number of Topliss-reactive ketones (excluding diaryl/α,β-unsaturated/α-hetero) is 1. The molecule has 1 aromatic carbocycles. The number of ether oxygens (including phenoxy) is 1. The summed E-state index contributed by atoms with van der Waals surface area (Å²) in [6.45, 7) is 8.02. The van der Waals surface area contributed by atoms with E-state index < -0.39 is 11.7 Å². The average molecular weight is 398 g/mol. The van der Waals surface area contributed by atoms with E-state index in [1.165, 1.54) is 24.8 Å². The summed E-state index contributed by atoms with van der Waals surface area (Å²) in [5.41, 5.74) is 1.21. The molecule has 29 heavy (non-hydrogen) atoms. The van der Waals surface area contributed by atoms with Gasteiger partial charge in [0.2, 0.25) is 0 Å². The van der Waals surface area contributed by atoms with E-state index in [1.807, 2.05) is 30.5 Å². The Bertz CT molecular complexity index is 831. The molecular weight excluding hydrogens is 366 g/mol. The molecule has 1 fully saturated rings. The van der Waals surface area contributed by atoms with Crippen LogP contribution in [0.1, 0.15) is 56.0 Å². The van der Waals surface area contributed by atoms with Gasteiger partial charge < -0.3 is 19.5 Å². The highest BCUT2D eigenvalue weighted by Crippen LogP contribution is 2.24. The van der Waals surface area contributed by atoms with E-state index in [0.717, 1.165) is 18.9 Å². The molecule has 1 amide bonds. The zero-order valence-corrected chi connectivity index (χ0v) is 17.6. The number of aromatic nitrogens is 1. The number of hydrogen-bond donors (Lipinski definition) is 1. The van der Waals surface area contributed by atoms with Crippen LogP contribution in [0.5, 0.6) is 0 Å². The number of nitrogens with one attached hydrogen (secondary N) is 1. The molecule has 3 rings (SSSR count). The average Bonchev–Trinajstić information content (AvgIpc) is 3.10. The van der Waals surface area contributed by atoms with Crippen LogP contribution in [0, 0.1) is 0 Å². The van der Waals surface area contributed by atoms with Gasteiger partial charge in [0.1, 0.15) is 11.4 Å². The largest absolute Gasteiger partial charge is 0.444 e. The van der Waals surface area contributed by atoms with Crippen molar-refractivity contribution in [2.75, 3.05) is 24.5 Å². The zero-order chi connectivity index (χ0) is 20.9. The molecule has 1 N–H and O–H groups in total. The molecule has 0 bridgehead atoms. The molecule has 1 aliphatic heterocycles. The molecule has 1 aliphatic rings. The monoisotopic (exact) mass is 397 g/mol. The number of hydrogen-bond acceptors (Lipinski definition) is 4. The summed E-state index contributed by atoms with van der Waals surface area (Å²) in [5.74, 6) is 0.940. The SMILES string of the molecule is CC(C)(C)OC(=O)NCC(=O)c1cc(N2CCCCC2)n(Cc2ccccc2)c1. The van der Waals surface area contributed by atoms with Gasteiger partial charge in [-0.15, -0.1) is 0 Å². The van der Waals surface area contributed by atoms with Crippen LogP contribution in [0.15, 0.2) is 42.6 Å². The highest BCUT2D eigenvalue weighted by atomic mass is 16.6. The van der Waals surface area contributed by atoms with Crippen LogP contribution in [0.4, 0.5) is 10.6 Å². The van der Waals surface area contributed by atoms with Gasteiger partial charge in [-0.1, -0.05) is 30.3 Å². The molecule has 0 aliphatic carbocycles. The summed E-state index contributed by atoms with van der Waals surface area (Å²) in [6, 6.07) is 12.2. The standard InChI is InChI=1S/C23H31N3O3/c1-23(2,3)29-22(28)24-15-20(27)19-14-21(25-12-8-5-9-13-25)26(17-19)16-18-10-6-4-7-11-18/h4,6-7,10-11,14,17H,5,8-9,12-13,15-16H2,1-3H3,(H,24,28). The number of carbonyl (C=O) groups excluding carboxylic acids is 2. The second-order valence-electron chi connectivity index (χ2n) is 8.53. The first kappa shape index (κ1) is 21.0. The van der Waals surface area contributed by atoms with Gasteiger partial charge in [0, 0.05) is 31.4 Å². The van der Waals surface area contributed by atoms with Crippen molar-refractivity contribution in [3.05, 3.63) is 53.7 Å². The molecule has 6 heteroatoms. The lowest BCUT2D eigenvalue weighted by Crippen LogP contribution is -2.35. The number of ketones is 1. The molecular formula is C23H31N3O3. The lowest BCUT2D eigenvalue weighted by Gasteiger charge is -2.29. The molecule has 6 nitrogen and oxygen atoms in total. The maximum Gasteiger partial charge on any atom is 0.408 e. The summed E-state index contributed by atoms with van der Waals surface area (Å²) in [6.07, 6.45) is 4.91. The lowest BCUT2D eigenvalue weighted by molar-refractivity contribution is 0.0520. The molecule has 0 saturated carbocycles. The Morgan fingerprint density at radius 3 is 2.41 bits per heavy atom. The molecule has 1 saturated heterocycles. The van der Waals surface area contributed by atoms with Gasteiger partial charge in [-0.05, 0) is 51.7 Å². The van der Waals surface area contributed by atoms with Crippen molar-refractivity contribution >= 4 is 17.7 Å². The predicted molar refractivity (Wildman–Crippen MR) is 115 cm³/mol. The minimum Gasteiger partial charge on any atom is -0.444 e. The topological polar surface area (TPSA) is 63.6 Å². The Hall–Kier alpha value is -2.76.